The fourth-order valence-corrected chi connectivity index (χ4v) is 4.86. The number of thiazole rings is 1. The van der Waals surface area contributed by atoms with Gasteiger partial charge in [0, 0.05) is 11.6 Å². The first kappa shape index (κ1) is 24.1. The number of furan rings is 1. The SMILES string of the molecule is COc1ccc(-c2nc3ccccc3s2)cc1NC(=S)NC(=O)c1ccc(-c2ccccc2[N+](=O)[O-])o1. The molecule has 1 amide bonds. The molecule has 9 nitrogen and oxygen atoms in total. The zero-order chi connectivity index (χ0) is 25.9. The zero-order valence-corrected chi connectivity index (χ0v) is 20.9. The lowest BCUT2D eigenvalue weighted by atomic mass is 10.1. The van der Waals surface area contributed by atoms with Gasteiger partial charge in [-0.3, -0.25) is 20.2 Å². The number of methoxy groups -OCH3 is 1. The molecule has 0 fully saturated rings. The minimum Gasteiger partial charge on any atom is -0.495 e. The van der Waals surface area contributed by atoms with Gasteiger partial charge in [-0.05, 0) is 60.7 Å². The number of hydrogen-bond acceptors (Lipinski definition) is 8. The second-order valence-corrected chi connectivity index (χ2v) is 9.19. The number of carbonyl (C=O) groups is 1. The first-order chi connectivity index (χ1) is 17.9. The number of para-hydroxylation sites is 2. The van der Waals surface area contributed by atoms with E-state index in [0.29, 0.717) is 11.4 Å². The highest BCUT2D eigenvalue weighted by atomic mass is 32.1. The van der Waals surface area contributed by atoms with Crippen molar-refractivity contribution < 1.29 is 18.9 Å². The predicted molar refractivity (Wildman–Crippen MR) is 146 cm³/mol. The van der Waals surface area contributed by atoms with Crippen LogP contribution < -0.4 is 15.4 Å². The van der Waals surface area contributed by atoms with Gasteiger partial charge in [-0.15, -0.1) is 11.3 Å². The summed E-state index contributed by atoms with van der Waals surface area (Å²) in [5.41, 5.74) is 2.46. The molecule has 0 atom stereocenters. The van der Waals surface area contributed by atoms with E-state index < -0.39 is 10.8 Å². The van der Waals surface area contributed by atoms with Crippen LogP contribution in [0.3, 0.4) is 0 Å². The van der Waals surface area contributed by atoms with Crippen molar-refractivity contribution in [2.24, 2.45) is 0 Å². The fraction of sp³-hybridized carbons (Fsp3) is 0.0385. The summed E-state index contributed by atoms with van der Waals surface area (Å²) >= 11 is 6.91. The number of rotatable bonds is 6. The average molecular weight is 531 g/mol. The van der Waals surface area contributed by atoms with Crippen LogP contribution in [-0.4, -0.2) is 28.0 Å². The molecule has 11 heteroatoms. The molecule has 0 aliphatic heterocycles. The van der Waals surface area contributed by atoms with Gasteiger partial charge in [-0.2, -0.15) is 0 Å². The van der Waals surface area contributed by atoms with Gasteiger partial charge in [0.15, 0.2) is 10.9 Å². The topological polar surface area (TPSA) is 120 Å². The summed E-state index contributed by atoms with van der Waals surface area (Å²) < 4.78 is 12.1. The molecular formula is C26H18N4O5S2. The number of amides is 1. The third-order valence-electron chi connectivity index (χ3n) is 5.41. The van der Waals surface area contributed by atoms with E-state index >= 15 is 0 Å². The molecule has 0 unspecified atom stereocenters. The van der Waals surface area contributed by atoms with E-state index in [4.69, 9.17) is 21.4 Å². The number of nitro benzene ring substituents is 1. The number of aromatic nitrogens is 1. The summed E-state index contributed by atoms with van der Waals surface area (Å²) in [5, 5.41) is 17.7. The molecule has 0 aliphatic rings. The number of thiocarbonyl (C=S) groups is 1. The molecule has 0 spiro atoms. The molecule has 0 radical (unpaired) electrons. The van der Waals surface area contributed by atoms with E-state index in [1.807, 2.05) is 36.4 Å². The first-order valence-electron chi connectivity index (χ1n) is 10.9. The van der Waals surface area contributed by atoms with Gasteiger partial charge in [0.05, 0.1) is 33.5 Å². The largest absolute Gasteiger partial charge is 0.495 e. The van der Waals surface area contributed by atoms with E-state index in [1.165, 1.54) is 25.3 Å². The van der Waals surface area contributed by atoms with Crippen molar-refractivity contribution in [3.8, 4) is 27.6 Å². The lowest BCUT2D eigenvalue weighted by Gasteiger charge is -2.13. The number of fused-ring (bicyclic) bond motifs is 1. The van der Waals surface area contributed by atoms with E-state index in [-0.39, 0.29) is 27.9 Å². The number of nitro groups is 1. The Morgan fingerprint density at radius 3 is 2.65 bits per heavy atom. The van der Waals surface area contributed by atoms with Gasteiger partial charge < -0.3 is 14.5 Å². The number of hydrogen-bond donors (Lipinski definition) is 2. The molecule has 0 saturated carbocycles. The Hall–Kier alpha value is -4.61. The summed E-state index contributed by atoms with van der Waals surface area (Å²) in [7, 11) is 1.53. The Labute approximate surface area is 219 Å². The molecule has 2 aromatic heterocycles. The second kappa shape index (κ2) is 10.2. The molecule has 5 rings (SSSR count). The van der Waals surface area contributed by atoms with Crippen molar-refractivity contribution in [2.75, 3.05) is 12.4 Å². The normalized spacial score (nSPS) is 10.7. The van der Waals surface area contributed by atoms with Gasteiger partial charge in [0.2, 0.25) is 0 Å². The number of nitrogens with one attached hydrogen (secondary N) is 2. The highest BCUT2D eigenvalue weighted by molar-refractivity contribution is 7.80. The smallest absolute Gasteiger partial charge is 0.293 e. The van der Waals surface area contributed by atoms with Gasteiger partial charge in [-0.1, -0.05) is 24.3 Å². The maximum absolute atomic E-state index is 12.7. The minimum atomic E-state index is -0.608. The zero-order valence-electron chi connectivity index (χ0n) is 19.3. The Bertz CT molecular complexity index is 1630. The molecule has 0 saturated heterocycles. The third-order valence-corrected chi connectivity index (χ3v) is 6.70. The monoisotopic (exact) mass is 530 g/mol. The average Bonchev–Trinajstić information content (AvgIpc) is 3.56. The maximum atomic E-state index is 12.7. The van der Waals surface area contributed by atoms with E-state index in [1.54, 1.807) is 35.6 Å². The summed E-state index contributed by atoms with van der Waals surface area (Å²) in [6.45, 7) is 0. The van der Waals surface area contributed by atoms with Crippen molar-refractivity contribution in [3.05, 3.63) is 94.7 Å². The number of carbonyl (C=O) groups excluding carboxylic acids is 1. The molecule has 0 aliphatic carbocycles. The van der Waals surface area contributed by atoms with Crippen LogP contribution >= 0.6 is 23.6 Å². The van der Waals surface area contributed by atoms with Crippen LogP contribution in [0.2, 0.25) is 0 Å². The number of nitrogens with zero attached hydrogens (tertiary/aromatic N) is 2. The van der Waals surface area contributed by atoms with E-state index in [9.17, 15) is 14.9 Å². The van der Waals surface area contributed by atoms with Crippen molar-refractivity contribution in [1.29, 1.82) is 0 Å². The van der Waals surface area contributed by atoms with Crippen LogP contribution in [0.25, 0.3) is 32.1 Å². The maximum Gasteiger partial charge on any atom is 0.293 e. The molecule has 2 heterocycles. The van der Waals surface area contributed by atoms with Crippen molar-refractivity contribution in [1.82, 2.24) is 10.3 Å². The highest BCUT2D eigenvalue weighted by Gasteiger charge is 2.20. The lowest BCUT2D eigenvalue weighted by Crippen LogP contribution is -2.34. The van der Waals surface area contributed by atoms with Crippen LogP contribution in [0, 0.1) is 10.1 Å². The van der Waals surface area contributed by atoms with Crippen LogP contribution in [0.5, 0.6) is 5.75 Å². The van der Waals surface area contributed by atoms with Crippen LogP contribution in [0.4, 0.5) is 11.4 Å². The number of benzene rings is 3. The quantitative estimate of drug-likeness (QED) is 0.150. The van der Waals surface area contributed by atoms with Crippen molar-refractivity contribution in [2.45, 2.75) is 0 Å². The Morgan fingerprint density at radius 1 is 1.08 bits per heavy atom. The fourth-order valence-electron chi connectivity index (χ4n) is 3.70. The molecule has 0 bridgehead atoms. The summed E-state index contributed by atoms with van der Waals surface area (Å²) in [5.74, 6) is 0.0655. The van der Waals surface area contributed by atoms with Crippen LogP contribution in [0.15, 0.2) is 83.3 Å². The lowest BCUT2D eigenvalue weighted by molar-refractivity contribution is -0.384. The van der Waals surface area contributed by atoms with Gasteiger partial charge in [-0.25, -0.2) is 4.98 Å². The van der Waals surface area contributed by atoms with E-state index in [2.05, 4.69) is 15.6 Å². The van der Waals surface area contributed by atoms with Gasteiger partial charge >= 0.3 is 0 Å². The Balaban J connectivity index is 1.33. The summed E-state index contributed by atoms with van der Waals surface area (Å²) in [4.78, 5) is 28.2. The molecule has 2 N–H and O–H groups in total. The second-order valence-electron chi connectivity index (χ2n) is 7.75. The van der Waals surface area contributed by atoms with Gasteiger partial charge in [0.1, 0.15) is 16.5 Å². The van der Waals surface area contributed by atoms with Crippen LogP contribution in [0.1, 0.15) is 10.6 Å². The number of anilines is 1. The van der Waals surface area contributed by atoms with Gasteiger partial charge in [0.25, 0.3) is 11.6 Å². The standard InChI is InChI=1S/C26H18N4O5S2/c1-34-21-11-10-15(25-27-17-7-3-5-9-23(17)37-25)14-18(21)28-26(36)29-24(31)22-13-12-20(35-22)16-6-2-4-8-19(16)30(32)33/h2-14H,1H3,(H2,28,29,31,36). The Kier molecular flexibility index (Phi) is 6.62. The number of ether oxygens (including phenoxy) is 1. The molecule has 184 valence electrons. The first-order valence-corrected chi connectivity index (χ1v) is 12.2. The highest BCUT2D eigenvalue weighted by Crippen LogP contribution is 2.35. The predicted octanol–water partition coefficient (Wildman–Crippen LogP) is 6.27. The molecular weight excluding hydrogens is 512 g/mol. The Morgan fingerprint density at radius 2 is 1.86 bits per heavy atom. The summed E-state index contributed by atoms with van der Waals surface area (Å²) in [6, 6.07) is 22.5. The molecule has 37 heavy (non-hydrogen) atoms. The van der Waals surface area contributed by atoms with Crippen LogP contribution in [-0.2, 0) is 0 Å². The molecule has 5 aromatic rings. The summed E-state index contributed by atoms with van der Waals surface area (Å²) in [6.07, 6.45) is 0. The third kappa shape index (κ3) is 5.03. The minimum absolute atomic E-state index is 0.0217. The van der Waals surface area contributed by atoms with E-state index in [0.717, 1.165) is 20.8 Å². The van der Waals surface area contributed by atoms with Crippen molar-refractivity contribution in [3.63, 3.8) is 0 Å². The molecule has 3 aromatic carbocycles. The van der Waals surface area contributed by atoms with Crippen molar-refractivity contribution >= 4 is 56.2 Å².